The maximum Gasteiger partial charge on any atom is 0.0252 e. The van der Waals surface area contributed by atoms with Crippen molar-refractivity contribution >= 4 is 29.2 Å². The van der Waals surface area contributed by atoms with Crippen molar-refractivity contribution in [1.29, 1.82) is 0 Å². The molecular formula is C18H26BrP. The Hall–Kier alpha value is 0.130. The topological polar surface area (TPSA) is 0 Å². The van der Waals surface area contributed by atoms with Crippen LogP contribution < -0.4 is 5.30 Å². The molecule has 0 bridgehead atoms. The van der Waals surface area contributed by atoms with Crippen LogP contribution in [0.15, 0.2) is 28.7 Å². The fourth-order valence-corrected chi connectivity index (χ4v) is 8.78. The van der Waals surface area contributed by atoms with E-state index in [0.717, 1.165) is 11.3 Å². The average molecular weight is 353 g/mol. The highest BCUT2D eigenvalue weighted by molar-refractivity contribution is 9.10. The summed E-state index contributed by atoms with van der Waals surface area (Å²) in [6.45, 7) is 0. The molecule has 0 aromatic heterocycles. The van der Waals surface area contributed by atoms with Crippen LogP contribution in [0.3, 0.4) is 0 Å². The number of benzene rings is 1. The third-order valence-corrected chi connectivity index (χ3v) is 9.62. The SMILES string of the molecule is Brc1ccccc1P(C1CCCCC1)C1CCCCC1. The zero-order valence-corrected chi connectivity index (χ0v) is 14.8. The van der Waals surface area contributed by atoms with E-state index >= 15 is 0 Å². The maximum atomic E-state index is 3.85. The Labute approximate surface area is 133 Å². The standard InChI is InChI=1S/C18H26BrP/c19-17-13-7-8-14-18(17)20(15-9-3-1-4-10-15)16-11-5-2-6-12-16/h7-8,13-16H,1-6,9-12H2. The summed E-state index contributed by atoms with van der Waals surface area (Å²) < 4.78 is 1.38. The summed E-state index contributed by atoms with van der Waals surface area (Å²) in [4.78, 5) is 0. The summed E-state index contributed by atoms with van der Waals surface area (Å²) in [7, 11) is 0.0402. The second-order valence-corrected chi connectivity index (χ2v) is 10.1. The van der Waals surface area contributed by atoms with Gasteiger partial charge in [0.25, 0.3) is 0 Å². The van der Waals surface area contributed by atoms with Gasteiger partial charge in [-0.2, -0.15) is 0 Å². The molecule has 0 aliphatic heterocycles. The van der Waals surface area contributed by atoms with Crippen molar-refractivity contribution in [3.63, 3.8) is 0 Å². The molecule has 2 heteroatoms. The molecule has 2 fully saturated rings. The summed E-state index contributed by atoms with van der Waals surface area (Å²) in [5.74, 6) is 0. The molecule has 0 N–H and O–H groups in total. The molecule has 0 atom stereocenters. The van der Waals surface area contributed by atoms with E-state index < -0.39 is 0 Å². The first-order valence-electron chi connectivity index (χ1n) is 8.39. The predicted octanol–water partition coefficient (Wildman–Crippen LogP) is 6.22. The van der Waals surface area contributed by atoms with Gasteiger partial charge in [-0.05, 0) is 48.4 Å². The van der Waals surface area contributed by atoms with Crippen molar-refractivity contribution in [2.75, 3.05) is 0 Å². The van der Waals surface area contributed by atoms with Crippen LogP contribution >= 0.6 is 23.9 Å². The average Bonchev–Trinajstić information content (AvgIpc) is 2.52. The molecule has 0 unspecified atom stereocenters. The monoisotopic (exact) mass is 352 g/mol. The molecule has 2 aliphatic rings. The van der Waals surface area contributed by atoms with Crippen molar-refractivity contribution in [1.82, 2.24) is 0 Å². The summed E-state index contributed by atoms with van der Waals surface area (Å²) in [6.07, 6.45) is 14.8. The van der Waals surface area contributed by atoms with Gasteiger partial charge in [0, 0.05) is 4.47 Å². The van der Waals surface area contributed by atoms with Gasteiger partial charge in [0.05, 0.1) is 0 Å². The van der Waals surface area contributed by atoms with Gasteiger partial charge in [-0.1, -0.05) is 80.6 Å². The molecule has 20 heavy (non-hydrogen) atoms. The minimum Gasteiger partial charge on any atom is -0.0677 e. The van der Waals surface area contributed by atoms with Crippen molar-refractivity contribution in [2.24, 2.45) is 0 Å². The van der Waals surface area contributed by atoms with Crippen molar-refractivity contribution < 1.29 is 0 Å². The van der Waals surface area contributed by atoms with Crippen molar-refractivity contribution in [3.05, 3.63) is 28.7 Å². The van der Waals surface area contributed by atoms with Crippen LogP contribution in [0, 0.1) is 0 Å². The molecular weight excluding hydrogens is 327 g/mol. The minimum atomic E-state index is 0.0402. The maximum absolute atomic E-state index is 3.85. The molecule has 1 aromatic rings. The minimum absolute atomic E-state index is 0.0402. The first kappa shape index (κ1) is 15.0. The van der Waals surface area contributed by atoms with E-state index in [0.29, 0.717) is 0 Å². The van der Waals surface area contributed by atoms with E-state index in [1.54, 1.807) is 5.30 Å². The largest absolute Gasteiger partial charge is 0.0677 e. The third-order valence-electron chi connectivity index (χ3n) is 5.07. The molecule has 2 aliphatic carbocycles. The van der Waals surface area contributed by atoms with Crippen LogP contribution in [0.4, 0.5) is 0 Å². The van der Waals surface area contributed by atoms with E-state index in [-0.39, 0.29) is 7.92 Å². The number of hydrogen-bond donors (Lipinski definition) is 0. The van der Waals surface area contributed by atoms with Crippen LogP contribution in [0.25, 0.3) is 0 Å². The molecule has 2 saturated carbocycles. The summed E-state index contributed by atoms with van der Waals surface area (Å²) in [6, 6.07) is 9.10. The first-order valence-corrected chi connectivity index (χ1v) is 10.7. The van der Waals surface area contributed by atoms with Gasteiger partial charge in [0.15, 0.2) is 0 Å². The molecule has 3 rings (SSSR count). The van der Waals surface area contributed by atoms with E-state index in [4.69, 9.17) is 0 Å². The van der Waals surface area contributed by atoms with Crippen LogP contribution in [-0.2, 0) is 0 Å². The molecule has 0 nitrogen and oxygen atoms in total. The fraction of sp³-hybridized carbons (Fsp3) is 0.667. The summed E-state index contributed by atoms with van der Waals surface area (Å²) in [5.41, 5.74) is 2.00. The summed E-state index contributed by atoms with van der Waals surface area (Å²) in [5, 5.41) is 1.67. The Morgan fingerprint density at radius 2 is 1.25 bits per heavy atom. The zero-order chi connectivity index (χ0) is 13.8. The highest BCUT2D eigenvalue weighted by Crippen LogP contribution is 2.55. The van der Waals surface area contributed by atoms with E-state index in [1.165, 1.54) is 68.7 Å². The van der Waals surface area contributed by atoms with Gasteiger partial charge in [-0.25, -0.2) is 0 Å². The quantitative estimate of drug-likeness (QED) is 0.566. The van der Waals surface area contributed by atoms with Gasteiger partial charge in [-0.3, -0.25) is 0 Å². The number of hydrogen-bond acceptors (Lipinski definition) is 0. The van der Waals surface area contributed by atoms with Crippen LogP contribution in [0.1, 0.15) is 64.2 Å². The van der Waals surface area contributed by atoms with E-state index in [9.17, 15) is 0 Å². The lowest BCUT2D eigenvalue weighted by atomic mass is 9.99. The highest BCUT2D eigenvalue weighted by atomic mass is 79.9. The van der Waals surface area contributed by atoms with Gasteiger partial charge < -0.3 is 0 Å². The Morgan fingerprint density at radius 1 is 0.750 bits per heavy atom. The number of halogens is 1. The molecule has 0 saturated heterocycles. The van der Waals surface area contributed by atoms with Gasteiger partial charge >= 0.3 is 0 Å². The molecule has 110 valence electrons. The van der Waals surface area contributed by atoms with Crippen LogP contribution in [-0.4, -0.2) is 11.3 Å². The van der Waals surface area contributed by atoms with Gasteiger partial charge in [0.1, 0.15) is 0 Å². The van der Waals surface area contributed by atoms with Crippen molar-refractivity contribution in [2.45, 2.75) is 75.5 Å². The van der Waals surface area contributed by atoms with Gasteiger partial charge in [-0.15, -0.1) is 0 Å². The molecule has 0 spiro atoms. The molecule has 0 amide bonds. The van der Waals surface area contributed by atoms with E-state index in [1.807, 2.05) is 0 Å². The lowest BCUT2D eigenvalue weighted by Crippen LogP contribution is -2.26. The number of rotatable bonds is 3. The fourth-order valence-electron chi connectivity index (χ4n) is 4.07. The first-order chi connectivity index (χ1) is 9.86. The predicted molar refractivity (Wildman–Crippen MR) is 94.4 cm³/mol. The smallest absolute Gasteiger partial charge is 0.0252 e. The molecule has 1 aromatic carbocycles. The second kappa shape index (κ2) is 7.41. The summed E-state index contributed by atoms with van der Waals surface area (Å²) >= 11 is 3.85. The molecule has 0 heterocycles. The Balaban J connectivity index is 1.87. The lowest BCUT2D eigenvalue weighted by Gasteiger charge is -2.39. The van der Waals surface area contributed by atoms with Crippen LogP contribution in [0.2, 0.25) is 0 Å². The second-order valence-electron chi connectivity index (χ2n) is 6.44. The van der Waals surface area contributed by atoms with Crippen molar-refractivity contribution in [3.8, 4) is 0 Å². The molecule has 0 radical (unpaired) electrons. The Bertz CT molecular complexity index is 401. The van der Waals surface area contributed by atoms with Gasteiger partial charge in [0.2, 0.25) is 0 Å². The highest BCUT2D eigenvalue weighted by Gasteiger charge is 2.32. The third kappa shape index (κ3) is 3.47. The Morgan fingerprint density at radius 3 is 1.75 bits per heavy atom. The van der Waals surface area contributed by atoms with E-state index in [2.05, 4.69) is 40.2 Å². The normalized spacial score (nSPS) is 22.3. The zero-order valence-electron chi connectivity index (χ0n) is 12.4. The Kier molecular flexibility index (Phi) is 5.57. The lowest BCUT2D eigenvalue weighted by molar-refractivity contribution is 0.487. The van der Waals surface area contributed by atoms with Crippen LogP contribution in [0.5, 0.6) is 0 Å².